The second-order valence-corrected chi connectivity index (χ2v) is 6.71. The van der Waals surface area contributed by atoms with Crippen LogP contribution in [0.4, 0.5) is 4.79 Å². The van der Waals surface area contributed by atoms with Gasteiger partial charge in [-0.2, -0.15) is 0 Å². The smallest absolute Gasteiger partial charge is 0.427 e. The van der Waals surface area contributed by atoms with E-state index in [1.165, 1.54) is 25.7 Å². The van der Waals surface area contributed by atoms with Crippen molar-refractivity contribution in [2.45, 2.75) is 51.7 Å². The van der Waals surface area contributed by atoms with Crippen molar-refractivity contribution in [3.8, 4) is 0 Å². The van der Waals surface area contributed by atoms with Crippen molar-refractivity contribution in [3.63, 3.8) is 0 Å². The first-order valence-electron chi connectivity index (χ1n) is 7.61. The van der Waals surface area contributed by atoms with Crippen molar-refractivity contribution >= 4 is 6.16 Å². The third kappa shape index (κ3) is 1.18. The topological polar surface area (TPSA) is 35.5 Å². The van der Waals surface area contributed by atoms with Crippen LogP contribution in [0.15, 0.2) is 0 Å². The van der Waals surface area contributed by atoms with Crippen molar-refractivity contribution in [1.29, 1.82) is 0 Å². The van der Waals surface area contributed by atoms with Gasteiger partial charge in [0.1, 0.15) is 12.2 Å². The molecule has 0 aromatic rings. The quantitative estimate of drug-likeness (QED) is 0.706. The van der Waals surface area contributed by atoms with E-state index in [2.05, 4.69) is 13.8 Å². The molecule has 0 amide bonds. The zero-order valence-electron chi connectivity index (χ0n) is 11.2. The summed E-state index contributed by atoms with van der Waals surface area (Å²) in [6, 6.07) is 0. The highest BCUT2D eigenvalue weighted by Gasteiger charge is 2.67. The van der Waals surface area contributed by atoms with E-state index in [1.54, 1.807) is 0 Å². The monoisotopic (exact) mass is 250 g/mol. The van der Waals surface area contributed by atoms with Gasteiger partial charge in [0.25, 0.3) is 0 Å². The van der Waals surface area contributed by atoms with Crippen molar-refractivity contribution in [3.05, 3.63) is 0 Å². The van der Waals surface area contributed by atoms with Crippen molar-refractivity contribution < 1.29 is 14.3 Å². The number of carbonyl (C=O) groups excluding carboxylic acids is 1. The van der Waals surface area contributed by atoms with Crippen LogP contribution < -0.4 is 0 Å². The minimum Gasteiger partial charge on any atom is -0.427 e. The summed E-state index contributed by atoms with van der Waals surface area (Å²) < 4.78 is 10.9. The van der Waals surface area contributed by atoms with E-state index in [9.17, 15) is 4.79 Å². The van der Waals surface area contributed by atoms with Crippen LogP contribution in [0, 0.1) is 35.5 Å². The van der Waals surface area contributed by atoms with E-state index in [0.717, 1.165) is 23.7 Å². The Labute approximate surface area is 108 Å². The van der Waals surface area contributed by atoms with E-state index in [0.29, 0.717) is 11.8 Å². The molecule has 4 fully saturated rings. The number of rotatable bonds is 2. The number of hydrogen-bond acceptors (Lipinski definition) is 3. The average molecular weight is 250 g/mol. The van der Waals surface area contributed by atoms with Gasteiger partial charge in [-0.25, -0.2) is 4.79 Å². The summed E-state index contributed by atoms with van der Waals surface area (Å²) in [5.74, 6) is 4.52. The molecule has 3 aliphatic carbocycles. The van der Waals surface area contributed by atoms with Gasteiger partial charge in [-0.3, -0.25) is 0 Å². The molecule has 8 unspecified atom stereocenters. The summed E-state index contributed by atoms with van der Waals surface area (Å²) >= 11 is 0. The minimum absolute atomic E-state index is 0.0911. The first-order chi connectivity index (χ1) is 8.74. The highest BCUT2D eigenvalue weighted by molar-refractivity contribution is 5.63. The molecule has 0 spiro atoms. The summed E-state index contributed by atoms with van der Waals surface area (Å²) in [6.45, 7) is 4.64. The van der Waals surface area contributed by atoms with Crippen LogP contribution in [0.25, 0.3) is 0 Å². The normalized spacial score (nSPS) is 56.2. The molecule has 0 N–H and O–H groups in total. The van der Waals surface area contributed by atoms with Crippen molar-refractivity contribution in [2.24, 2.45) is 35.5 Å². The molecule has 3 nitrogen and oxygen atoms in total. The third-order valence-electron chi connectivity index (χ3n) is 6.35. The van der Waals surface area contributed by atoms with Gasteiger partial charge in [0.15, 0.2) is 0 Å². The molecule has 18 heavy (non-hydrogen) atoms. The van der Waals surface area contributed by atoms with Crippen LogP contribution in [0.3, 0.4) is 0 Å². The maximum Gasteiger partial charge on any atom is 0.509 e. The lowest BCUT2D eigenvalue weighted by molar-refractivity contribution is 0.0213. The van der Waals surface area contributed by atoms with Crippen molar-refractivity contribution in [1.82, 2.24) is 0 Å². The van der Waals surface area contributed by atoms with E-state index in [4.69, 9.17) is 9.47 Å². The van der Waals surface area contributed by atoms with Gasteiger partial charge in [-0.1, -0.05) is 26.7 Å². The standard InChI is InChI=1S/C15H22O3/c1-3-7-5-8(4-2)12-10-6-9(11(7)12)13-14(10)18-15(16)17-13/h7-14H,3-6H2,1-2H3. The lowest BCUT2D eigenvalue weighted by Gasteiger charge is -2.35. The first-order valence-corrected chi connectivity index (χ1v) is 7.61. The second kappa shape index (κ2) is 3.64. The molecule has 1 heterocycles. The van der Waals surface area contributed by atoms with E-state index < -0.39 is 6.16 Å². The molecule has 1 saturated heterocycles. The molecule has 1 aliphatic heterocycles. The number of carbonyl (C=O) groups is 1. The first kappa shape index (κ1) is 11.1. The summed E-state index contributed by atoms with van der Waals surface area (Å²) in [5.41, 5.74) is 0. The number of hydrogen-bond donors (Lipinski definition) is 0. The van der Waals surface area contributed by atoms with Gasteiger partial charge < -0.3 is 9.47 Å². The Morgan fingerprint density at radius 1 is 0.944 bits per heavy atom. The molecule has 8 atom stereocenters. The van der Waals surface area contributed by atoms with Gasteiger partial charge >= 0.3 is 6.16 Å². The average Bonchev–Trinajstić information content (AvgIpc) is 3.03. The highest BCUT2D eigenvalue weighted by atomic mass is 16.8. The fourth-order valence-corrected chi connectivity index (χ4v) is 5.86. The fraction of sp³-hybridized carbons (Fsp3) is 0.933. The Morgan fingerprint density at radius 3 is 1.89 bits per heavy atom. The van der Waals surface area contributed by atoms with E-state index in [1.807, 2.05) is 0 Å². The number of fused-ring (bicyclic) bond motifs is 8. The molecule has 4 aliphatic rings. The van der Waals surface area contributed by atoms with Gasteiger partial charge in [-0.15, -0.1) is 0 Å². The minimum atomic E-state index is -0.416. The Balaban J connectivity index is 1.67. The highest BCUT2D eigenvalue weighted by Crippen LogP contribution is 2.65. The summed E-state index contributed by atoms with van der Waals surface area (Å²) in [7, 11) is 0. The van der Waals surface area contributed by atoms with Crippen LogP contribution in [0.1, 0.15) is 39.5 Å². The van der Waals surface area contributed by atoms with Crippen LogP contribution in [-0.4, -0.2) is 18.4 Å². The Hall–Kier alpha value is -0.730. The molecule has 100 valence electrons. The molecular formula is C15H22O3. The van der Waals surface area contributed by atoms with Gasteiger partial charge in [0, 0.05) is 11.8 Å². The van der Waals surface area contributed by atoms with Crippen LogP contribution in [0.2, 0.25) is 0 Å². The SMILES string of the molecule is CCC1CC(CC)C2C3CC(C4OC(=O)OC34)C12. The lowest BCUT2D eigenvalue weighted by atomic mass is 9.73. The number of ether oxygens (including phenoxy) is 2. The van der Waals surface area contributed by atoms with E-state index >= 15 is 0 Å². The largest absolute Gasteiger partial charge is 0.509 e. The second-order valence-electron chi connectivity index (χ2n) is 6.71. The molecule has 3 saturated carbocycles. The Morgan fingerprint density at radius 2 is 1.44 bits per heavy atom. The molecule has 0 radical (unpaired) electrons. The zero-order valence-corrected chi connectivity index (χ0v) is 11.2. The molecule has 0 aromatic carbocycles. The molecule has 4 rings (SSSR count). The van der Waals surface area contributed by atoms with Crippen molar-refractivity contribution in [2.75, 3.05) is 0 Å². The summed E-state index contributed by atoms with van der Waals surface area (Å²) in [4.78, 5) is 11.4. The van der Waals surface area contributed by atoms with Crippen LogP contribution in [0.5, 0.6) is 0 Å². The van der Waals surface area contributed by atoms with Gasteiger partial charge in [0.2, 0.25) is 0 Å². The zero-order chi connectivity index (χ0) is 12.4. The third-order valence-corrected chi connectivity index (χ3v) is 6.35. The van der Waals surface area contributed by atoms with E-state index in [-0.39, 0.29) is 12.2 Å². The summed E-state index contributed by atoms with van der Waals surface area (Å²) in [6.07, 6.45) is 4.97. The van der Waals surface area contributed by atoms with Gasteiger partial charge in [0.05, 0.1) is 0 Å². The summed E-state index contributed by atoms with van der Waals surface area (Å²) in [5, 5.41) is 0. The molecule has 3 heteroatoms. The molecule has 2 bridgehead atoms. The lowest BCUT2D eigenvalue weighted by Crippen LogP contribution is -2.41. The predicted molar refractivity (Wildman–Crippen MR) is 65.9 cm³/mol. The van der Waals surface area contributed by atoms with Crippen LogP contribution in [-0.2, 0) is 9.47 Å². The maximum atomic E-state index is 11.4. The molecular weight excluding hydrogens is 228 g/mol. The predicted octanol–water partition coefficient (Wildman–Crippen LogP) is 3.23. The van der Waals surface area contributed by atoms with Crippen LogP contribution >= 0.6 is 0 Å². The fourth-order valence-electron chi connectivity index (χ4n) is 5.86. The van der Waals surface area contributed by atoms with Gasteiger partial charge in [-0.05, 0) is 36.5 Å². The molecule has 0 aromatic heterocycles. The Bertz CT molecular complexity index is 348. The maximum absolute atomic E-state index is 11.4. The Kier molecular flexibility index (Phi) is 2.25.